The van der Waals surface area contributed by atoms with Crippen molar-refractivity contribution >= 4 is 5.95 Å². The number of nitrogens with zero attached hydrogens (tertiary/aromatic N) is 3. The summed E-state index contributed by atoms with van der Waals surface area (Å²) in [6, 6.07) is 0.574. The third-order valence-electron chi connectivity index (χ3n) is 4.65. The maximum atomic E-state index is 5.27. The van der Waals surface area contributed by atoms with Gasteiger partial charge in [0.15, 0.2) is 0 Å². The molecule has 2 saturated heterocycles. The highest BCUT2D eigenvalue weighted by Gasteiger charge is 2.36. The maximum Gasteiger partial charge on any atom is 0.245 e. The second-order valence-electron chi connectivity index (χ2n) is 5.99. The minimum absolute atomic E-state index is 0.266. The number of H-pyrrole nitrogens is 1. The number of hydrogen-bond acceptors (Lipinski definition) is 5. The van der Waals surface area contributed by atoms with E-state index in [0.29, 0.717) is 6.04 Å². The fourth-order valence-corrected chi connectivity index (χ4v) is 3.30. The molecule has 2 N–H and O–H groups in total. The standard InChI is InChI=1S/C14H25N5O/c1-10(20-2)5-6-13-16-14(18-17-13)19-7-3-4-11-8-15-9-12(11)19/h10-12,15H,3-9H2,1-2H3,(H,16,17,18). The average Bonchev–Trinajstić information content (AvgIpc) is 3.12. The number of aryl methyl sites for hydroxylation is 1. The quantitative estimate of drug-likeness (QED) is 0.840. The predicted octanol–water partition coefficient (Wildman–Crippen LogP) is 0.960. The Morgan fingerprint density at radius 3 is 3.20 bits per heavy atom. The van der Waals surface area contributed by atoms with E-state index in [1.165, 1.54) is 12.8 Å². The topological polar surface area (TPSA) is 66.1 Å². The summed E-state index contributed by atoms with van der Waals surface area (Å²) in [5, 5.41) is 11.0. The van der Waals surface area contributed by atoms with Crippen LogP contribution in [0, 0.1) is 5.92 Å². The van der Waals surface area contributed by atoms with Gasteiger partial charge in [-0.3, -0.25) is 5.10 Å². The molecular formula is C14H25N5O. The first kappa shape index (κ1) is 13.8. The highest BCUT2D eigenvalue weighted by molar-refractivity contribution is 5.33. The number of anilines is 1. The van der Waals surface area contributed by atoms with Crippen molar-refractivity contribution in [2.75, 3.05) is 31.6 Å². The van der Waals surface area contributed by atoms with E-state index in [1.807, 2.05) is 0 Å². The minimum atomic E-state index is 0.266. The third kappa shape index (κ3) is 2.81. The van der Waals surface area contributed by atoms with Gasteiger partial charge in [-0.05, 0) is 32.1 Å². The largest absolute Gasteiger partial charge is 0.382 e. The van der Waals surface area contributed by atoms with Crippen molar-refractivity contribution < 1.29 is 4.74 Å². The van der Waals surface area contributed by atoms with Crippen LogP contribution in [0.1, 0.15) is 32.0 Å². The molecule has 0 aromatic carbocycles. The van der Waals surface area contributed by atoms with Crippen LogP contribution >= 0.6 is 0 Å². The summed E-state index contributed by atoms with van der Waals surface area (Å²) < 4.78 is 5.27. The van der Waals surface area contributed by atoms with Crippen molar-refractivity contribution in [3.8, 4) is 0 Å². The Bertz CT molecular complexity index is 435. The Hall–Kier alpha value is -1.14. The van der Waals surface area contributed by atoms with Crippen LogP contribution in [0.5, 0.6) is 0 Å². The molecule has 0 aliphatic carbocycles. The predicted molar refractivity (Wildman–Crippen MR) is 77.9 cm³/mol. The number of methoxy groups -OCH3 is 1. The van der Waals surface area contributed by atoms with Crippen LogP contribution in [0.25, 0.3) is 0 Å². The molecule has 2 aliphatic rings. The Kier molecular flexibility index (Phi) is 4.21. The van der Waals surface area contributed by atoms with E-state index in [2.05, 4.69) is 32.3 Å². The molecule has 20 heavy (non-hydrogen) atoms. The second-order valence-corrected chi connectivity index (χ2v) is 5.99. The number of aromatic amines is 1. The van der Waals surface area contributed by atoms with Crippen LogP contribution in [0.4, 0.5) is 5.95 Å². The van der Waals surface area contributed by atoms with Gasteiger partial charge < -0.3 is 15.0 Å². The molecular weight excluding hydrogens is 254 g/mol. The van der Waals surface area contributed by atoms with Crippen molar-refractivity contribution in [1.29, 1.82) is 0 Å². The van der Waals surface area contributed by atoms with Crippen LogP contribution in [-0.4, -0.2) is 54.1 Å². The van der Waals surface area contributed by atoms with E-state index in [1.54, 1.807) is 7.11 Å². The number of piperidine rings is 1. The molecule has 2 aliphatic heterocycles. The third-order valence-corrected chi connectivity index (χ3v) is 4.65. The minimum Gasteiger partial charge on any atom is -0.382 e. The summed E-state index contributed by atoms with van der Waals surface area (Å²) in [6.45, 7) is 5.37. The second kappa shape index (κ2) is 6.10. The number of hydrogen-bond donors (Lipinski definition) is 2. The molecule has 112 valence electrons. The number of ether oxygens (including phenoxy) is 1. The number of aromatic nitrogens is 3. The SMILES string of the molecule is COC(C)CCc1nc(N2CCCC3CNCC32)n[nH]1. The molecule has 2 fully saturated rings. The monoisotopic (exact) mass is 279 g/mol. The van der Waals surface area contributed by atoms with E-state index in [4.69, 9.17) is 4.74 Å². The molecule has 1 aromatic heterocycles. The molecule has 1 aromatic rings. The molecule has 0 radical (unpaired) electrons. The Balaban J connectivity index is 1.63. The number of nitrogens with one attached hydrogen (secondary N) is 2. The van der Waals surface area contributed by atoms with Gasteiger partial charge in [0.2, 0.25) is 5.95 Å². The van der Waals surface area contributed by atoms with E-state index < -0.39 is 0 Å². The molecule has 6 nitrogen and oxygen atoms in total. The first-order valence-corrected chi connectivity index (χ1v) is 7.69. The highest BCUT2D eigenvalue weighted by atomic mass is 16.5. The van der Waals surface area contributed by atoms with Crippen molar-refractivity contribution in [2.45, 2.75) is 44.8 Å². The molecule has 3 unspecified atom stereocenters. The van der Waals surface area contributed by atoms with Crippen LogP contribution in [0.15, 0.2) is 0 Å². The summed E-state index contributed by atoms with van der Waals surface area (Å²) in [5.41, 5.74) is 0. The van der Waals surface area contributed by atoms with Crippen molar-refractivity contribution in [1.82, 2.24) is 20.5 Å². The Morgan fingerprint density at radius 2 is 2.35 bits per heavy atom. The lowest BCUT2D eigenvalue weighted by atomic mass is 9.92. The maximum absolute atomic E-state index is 5.27. The lowest BCUT2D eigenvalue weighted by Crippen LogP contribution is -2.45. The summed E-state index contributed by atoms with van der Waals surface area (Å²) in [5.74, 6) is 2.61. The van der Waals surface area contributed by atoms with Gasteiger partial charge in [0.1, 0.15) is 5.82 Å². The van der Waals surface area contributed by atoms with Gasteiger partial charge in [-0.15, -0.1) is 5.10 Å². The number of fused-ring (bicyclic) bond motifs is 1. The zero-order valence-electron chi connectivity index (χ0n) is 12.4. The van der Waals surface area contributed by atoms with E-state index in [9.17, 15) is 0 Å². The normalized spacial score (nSPS) is 27.6. The zero-order valence-corrected chi connectivity index (χ0v) is 12.4. The van der Waals surface area contributed by atoms with E-state index in [0.717, 1.165) is 50.2 Å². The van der Waals surface area contributed by atoms with Crippen LogP contribution < -0.4 is 10.2 Å². The van der Waals surface area contributed by atoms with E-state index in [-0.39, 0.29) is 6.10 Å². The summed E-state index contributed by atoms with van der Waals surface area (Å²) in [7, 11) is 1.75. The fraction of sp³-hybridized carbons (Fsp3) is 0.857. The van der Waals surface area contributed by atoms with Gasteiger partial charge in [0, 0.05) is 39.2 Å². The molecule has 0 bridgehead atoms. The summed E-state index contributed by atoms with van der Waals surface area (Å²) in [6.07, 6.45) is 4.70. The average molecular weight is 279 g/mol. The van der Waals surface area contributed by atoms with Gasteiger partial charge in [-0.1, -0.05) is 0 Å². The smallest absolute Gasteiger partial charge is 0.245 e. The van der Waals surface area contributed by atoms with Crippen molar-refractivity contribution in [2.24, 2.45) is 5.92 Å². The van der Waals surface area contributed by atoms with Crippen molar-refractivity contribution in [3.05, 3.63) is 5.82 Å². The molecule has 6 heteroatoms. The molecule has 0 spiro atoms. The van der Waals surface area contributed by atoms with Crippen LogP contribution in [0.2, 0.25) is 0 Å². The first-order valence-electron chi connectivity index (χ1n) is 7.69. The van der Waals surface area contributed by atoms with Crippen molar-refractivity contribution in [3.63, 3.8) is 0 Å². The molecule has 3 atom stereocenters. The summed E-state index contributed by atoms with van der Waals surface area (Å²) >= 11 is 0. The Morgan fingerprint density at radius 1 is 1.45 bits per heavy atom. The fourth-order valence-electron chi connectivity index (χ4n) is 3.30. The van der Waals surface area contributed by atoms with Crippen LogP contribution in [0.3, 0.4) is 0 Å². The van der Waals surface area contributed by atoms with Gasteiger partial charge in [-0.2, -0.15) is 4.98 Å². The number of rotatable bonds is 5. The van der Waals surface area contributed by atoms with Gasteiger partial charge in [-0.25, -0.2) is 0 Å². The van der Waals surface area contributed by atoms with Gasteiger partial charge in [0.05, 0.1) is 6.10 Å². The lowest BCUT2D eigenvalue weighted by Gasteiger charge is -2.36. The lowest BCUT2D eigenvalue weighted by molar-refractivity contribution is 0.111. The first-order chi connectivity index (χ1) is 9.78. The molecule has 3 rings (SSSR count). The zero-order chi connectivity index (χ0) is 13.9. The van der Waals surface area contributed by atoms with Gasteiger partial charge >= 0.3 is 0 Å². The Labute approximate surface area is 120 Å². The summed E-state index contributed by atoms with van der Waals surface area (Å²) in [4.78, 5) is 7.06. The molecule has 0 saturated carbocycles. The molecule has 0 amide bonds. The molecule has 3 heterocycles. The van der Waals surface area contributed by atoms with Gasteiger partial charge in [0.25, 0.3) is 0 Å². The van der Waals surface area contributed by atoms with E-state index >= 15 is 0 Å². The van der Waals surface area contributed by atoms with Crippen LogP contribution in [-0.2, 0) is 11.2 Å². The highest BCUT2D eigenvalue weighted by Crippen LogP contribution is 2.28.